The lowest BCUT2D eigenvalue weighted by atomic mass is 10.1. The standard InChI is InChI=1S/C21H33N5O.HI/c1-15(2)20-18(14-26(6)24-20)13-25(5)21(22-4)23-11-10-17-9-8-16(3)19(12-17)27-7;/h8-9,12,14-15H,10-11,13H2,1-7H3,(H,22,23);1H. The van der Waals surface area contributed by atoms with E-state index in [9.17, 15) is 0 Å². The Morgan fingerprint density at radius 1 is 1.36 bits per heavy atom. The molecule has 0 bridgehead atoms. The fourth-order valence-electron chi connectivity index (χ4n) is 3.22. The topological polar surface area (TPSA) is 54.7 Å². The zero-order chi connectivity index (χ0) is 20.0. The van der Waals surface area contributed by atoms with Crippen molar-refractivity contribution in [2.45, 2.75) is 39.7 Å². The van der Waals surface area contributed by atoms with E-state index in [1.165, 1.54) is 11.1 Å². The predicted molar refractivity (Wildman–Crippen MR) is 127 cm³/mol. The molecular weight excluding hydrogens is 465 g/mol. The molecule has 7 heteroatoms. The van der Waals surface area contributed by atoms with E-state index in [1.54, 1.807) is 7.11 Å². The van der Waals surface area contributed by atoms with Crippen molar-refractivity contribution in [3.8, 4) is 5.75 Å². The minimum Gasteiger partial charge on any atom is -0.496 e. The Hall–Kier alpha value is -1.77. The molecule has 2 rings (SSSR count). The minimum atomic E-state index is 0. The summed E-state index contributed by atoms with van der Waals surface area (Å²) in [5.41, 5.74) is 4.78. The van der Waals surface area contributed by atoms with Crippen LogP contribution in [0.1, 0.15) is 42.1 Å². The molecule has 0 radical (unpaired) electrons. The Morgan fingerprint density at radius 3 is 2.68 bits per heavy atom. The van der Waals surface area contributed by atoms with Crippen molar-refractivity contribution in [3.05, 3.63) is 46.8 Å². The molecule has 0 unspecified atom stereocenters. The van der Waals surface area contributed by atoms with Crippen LogP contribution < -0.4 is 10.1 Å². The first-order valence-corrected chi connectivity index (χ1v) is 9.43. The zero-order valence-electron chi connectivity index (χ0n) is 18.1. The summed E-state index contributed by atoms with van der Waals surface area (Å²) in [5.74, 6) is 2.22. The molecule has 6 nitrogen and oxygen atoms in total. The summed E-state index contributed by atoms with van der Waals surface area (Å²) in [6.07, 6.45) is 3.01. The first-order chi connectivity index (χ1) is 12.8. The van der Waals surface area contributed by atoms with Gasteiger partial charge in [-0.1, -0.05) is 26.0 Å². The number of aryl methyl sites for hydroxylation is 2. The van der Waals surface area contributed by atoms with Gasteiger partial charge < -0.3 is 15.0 Å². The molecule has 0 amide bonds. The number of hydrogen-bond acceptors (Lipinski definition) is 3. The van der Waals surface area contributed by atoms with Crippen molar-refractivity contribution < 1.29 is 4.74 Å². The van der Waals surface area contributed by atoms with E-state index in [1.807, 2.05) is 18.8 Å². The molecule has 0 spiro atoms. The largest absolute Gasteiger partial charge is 0.496 e. The average molecular weight is 499 g/mol. The highest BCUT2D eigenvalue weighted by Gasteiger charge is 2.15. The smallest absolute Gasteiger partial charge is 0.193 e. The van der Waals surface area contributed by atoms with Crippen LogP contribution in [0.3, 0.4) is 0 Å². The highest BCUT2D eigenvalue weighted by molar-refractivity contribution is 14.0. The zero-order valence-corrected chi connectivity index (χ0v) is 20.4. The van der Waals surface area contributed by atoms with Gasteiger partial charge in [-0.05, 0) is 36.5 Å². The van der Waals surface area contributed by atoms with Gasteiger partial charge >= 0.3 is 0 Å². The van der Waals surface area contributed by atoms with Gasteiger partial charge in [0.05, 0.1) is 12.8 Å². The van der Waals surface area contributed by atoms with E-state index in [2.05, 4.69) is 72.5 Å². The average Bonchev–Trinajstić information content (AvgIpc) is 3.00. The highest BCUT2D eigenvalue weighted by atomic mass is 127. The van der Waals surface area contributed by atoms with Crippen molar-refractivity contribution in [2.75, 3.05) is 27.7 Å². The quantitative estimate of drug-likeness (QED) is 0.359. The first kappa shape index (κ1) is 24.3. The summed E-state index contributed by atoms with van der Waals surface area (Å²) >= 11 is 0. The fraction of sp³-hybridized carbons (Fsp3) is 0.524. The number of nitrogens with zero attached hydrogens (tertiary/aromatic N) is 4. The van der Waals surface area contributed by atoms with Crippen molar-refractivity contribution in [2.24, 2.45) is 12.0 Å². The van der Waals surface area contributed by atoms with Gasteiger partial charge in [-0.25, -0.2) is 0 Å². The maximum absolute atomic E-state index is 5.41. The van der Waals surface area contributed by atoms with E-state index < -0.39 is 0 Å². The third-order valence-corrected chi connectivity index (χ3v) is 4.63. The lowest BCUT2D eigenvalue weighted by molar-refractivity contribution is 0.411. The maximum atomic E-state index is 5.41. The number of halogens is 1. The lowest BCUT2D eigenvalue weighted by Gasteiger charge is -2.22. The van der Waals surface area contributed by atoms with Crippen LogP contribution in [0.15, 0.2) is 29.4 Å². The number of rotatable bonds is 7. The number of aliphatic imine (C=N–C) groups is 1. The van der Waals surface area contributed by atoms with Gasteiger partial charge in [-0.2, -0.15) is 5.10 Å². The molecule has 0 atom stereocenters. The summed E-state index contributed by atoms with van der Waals surface area (Å²) in [6.45, 7) is 8.00. The van der Waals surface area contributed by atoms with E-state index in [4.69, 9.17) is 4.74 Å². The monoisotopic (exact) mass is 499 g/mol. The predicted octanol–water partition coefficient (Wildman–Crippen LogP) is 3.73. The van der Waals surface area contributed by atoms with Crippen LogP contribution in [0.4, 0.5) is 0 Å². The second kappa shape index (κ2) is 11.3. The summed E-state index contributed by atoms with van der Waals surface area (Å²) in [7, 11) is 7.56. The Bertz CT molecular complexity index is 785. The Kier molecular flexibility index (Phi) is 9.78. The molecular formula is C21H34IN5O. The normalized spacial score (nSPS) is 11.4. The molecule has 156 valence electrons. The molecule has 0 saturated heterocycles. The number of nitrogens with one attached hydrogen (secondary N) is 1. The molecule has 0 saturated carbocycles. The van der Waals surface area contributed by atoms with Gasteiger partial charge in [0.15, 0.2) is 5.96 Å². The van der Waals surface area contributed by atoms with Crippen LogP contribution in [0.25, 0.3) is 0 Å². The highest BCUT2D eigenvalue weighted by Crippen LogP contribution is 2.20. The van der Waals surface area contributed by atoms with Crippen LogP contribution in [0.5, 0.6) is 5.75 Å². The van der Waals surface area contributed by atoms with E-state index in [0.29, 0.717) is 5.92 Å². The van der Waals surface area contributed by atoms with Crippen molar-refractivity contribution in [3.63, 3.8) is 0 Å². The Balaban J connectivity index is 0.00000392. The Morgan fingerprint density at radius 2 is 2.07 bits per heavy atom. The van der Waals surface area contributed by atoms with Crippen LogP contribution in [-0.2, 0) is 20.0 Å². The number of methoxy groups -OCH3 is 1. The number of hydrogen-bond donors (Lipinski definition) is 1. The maximum Gasteiger partial charge on any atom is 0.193 e. The molecule has 0 aliphatic carbocycles. The van der Waals surface area contributed by atoms with Gasteiger partial charge in [0.2, 0.25) is 0 Å². The minimum absolute atomic E-state index is 0. The number of guanidine groups is 1. The summed E-state index contributed by atoms with van der Waals surface area (Å²) in [5, 5.41) is 8.04. The van der Waals surface area contributed by atoms with E-state index >= 15 is 0 Å². The van der Waals surface area contributed by atoms with E-state index in [-0.39, 0.29) is 24.0 Å². The Labute approximate surface area is 186 Å². The molecule has 1 aromatic carbocycles. The van der Waals surface area contributed by atoms with Crippen molar-refractivity contribution >= 4 is 29.9 Å². The second-order valence-electron chi connectivity index (χ2n) is 7.25. The third-order valence-electron chi connectivity index (χ3n) is 4.63. The van der Waals surface area contributed by atoms with Crippen LogP contribution in [0, 0.1) is 6.92 Å². The molecule has 2 aromatic rings. The molecule has 28 heavy (non-hydrogen) atoms. The third kappa shape index (κ3) is 6.39. The summed E-state index contributed by atoms with van der Waals surface area (Å²) < 4.78 is 7.30. The summed E-state index contributed by atoms with van der Waals surface area (Å²) in [4.78, 5) is 6.56. The van der Waals surface area contributed by atoms with Crippen molar-refractivity contribution in [1.82, 2.24) is 20.0 Å². The van der Waals surface area contributed by atoms with Gasteiger partial charge in [0, 0.05) is 46.0 Å². The summed E-state index contributed by atoms with van der Waals surface area (Å²) in [6, 6.07) is 6.36. The lowest BCUT2D eigenvalue weighted by Crippen LogP contribution is -2.39. The van der Waals surface area contributed by atoms with Crippen molar-refractivity contribution in [1.29, 1.82) is 0 Å². The molecule has 1 N–H and O–H groups in total. The SMILES string of the molecule is CN=C(NCCc1ccc(C)c(OC)c1)N(C)Cc1cn(C)nc1C(C)C.I. The van der Waals surface area contributed by atoms with Gasteiger partial charge in [0.25, 0.3) is 0 Å². The van der Waals surface area contributed by atoms with Gasteiger partial charge in [-0.3, -0.25) is 9.67 Å². The van der Waals surface area contributed by atoms with Crippen LogP contribution in [-0.4, -0.2) is 48.4 Å². The first-order valence-electron chi connectivity index (χ1n) is 9.43. The molecule has 1 aromatic heterocycles. The number of aromatic nitrogens is 2. The number of benzene rings is 1. The van der Waals surface area contributed by atoms with Gasteiger partial charge in [0.1, 0.15) is 5.75 Å². The molecule has 0 fully saturated rings. The second-order valence-corrected chi connectivity index (χ2v) is 7.25. The molecule has 0 aliphatic heterocycles. The molecule has 0 aliphatic rings. The molecule has 1 heterocycles. The van der Waals surface area contributed by atoms with Crippen LogP contribution in [0.2, 0.25) is 0 Å². The van der Waals surface area contributed by atoms with E-state index in [0.717, 1.165) is 42.5 Å². The number of ether oxygens (including phenoxy) is 1. The van der Waals surface area contributed by atoms with Gasteiger partial charge in [-0.15, -0.1) is 24.0 Å². The fourth-order valence-corrected chi connectivity index (χ4v) is 3.22. The van der Waals surface area contributed by atoms with Crippen LogP contribution >= 0.6 is 24.0 Å².